The molecule has 0 bridgehead atoms. The first-order valence-electron chi connectivity index (χ1n) is 4.83. The molecule has 3 nitrogen and oxygen atoms in total. The SMILES string of the molecule is [C-]#[N+]c1cccc(N2CCNCC2)c1. The number of hydrogen-bond acceptors (Lipinski definition) is 2. The number of nitrogens with zero attached hydrogens (tertiary/aromatic N) is 2. The van der Waals surface area contributed by atoms with Crippen LogP contribution < -0.4 is 10.2 Å². The lowest BCUT2D eigenvalue weighted by molar-refractivity contribution is 0.589. The smallest absolute Gasteiger partial charge is 0.189 e. The molecule has 14 heavy (non-hydrogen) atoms. The van der Waals surface area contributed by atoms with Gasteiger partial charge in [0.1, 0.15) is 0 Å². The first kappa shape index (κ1) is 9.04. The van der Waals surface area contributed by atoms with Gasteiger partial charge in [-0.05, 0) is 12.1 Å². The van der Waals surface area contributed by atoms with E-state index in [4.69, 9.17) is 6.57 Å². The van der Waals surface area contributed by atoms with Gasteiger partial charge in [0.25, 0.3) is 0 Å². The van der Waals surface area contributed by atoms with E-state index < -0.39 is 0 Å². The summed E-state index contributed by atoms with van der Waals surface area (Å²) >= 11 is 0. The largest absolute Gasteiger partial charge is 0.370 e. The molecule has 0 unspecified atom stereocenters. The predicted molar refractivity (Wildman–Crippen MR) is 57.8 cm³/mol. The Hall–Kier alpha value is -1.53. The highest BCUT2D eigenvalue weighted by atomic mass is 15.2. The second-order valence-corrected chi connectivity index (χ2v) is 3.37. The number of rotatable bonds is 1. The average Bonchev–Trinajstić information content (AvgIpc) is 2.30. The molecule has 3 heteroatoms. The molecule has 0 amide bonds. The molecule has 0 atom stereocenters. The van der Waals surface area contributed by atoms with Gasteiger partial charge in [-0.3, -0.25) is 0 Å². The highest BCUT2D eigenvalue weighted by Gasteiger charge is 2.09. The van der Waals surface area contributed by atoms with Crippen molar-refractivity contribution in [2.45, 2.75) is 0 Å². The number of nitrogens with one attached hydrogen (secondary N) is 1. The summed E-state index contributed by atoms with van der Waals surface area (Å²) in [5.74, 6) is 0. The number of benzene rings is 1. The summed E-state index contributed by atoms with van der Waals surface area (Å²) in [5, 5.41) is 3.31. The third-order valence-electron chi connectivity index (χ3n) is 2.44. The van der Waals surface area contributed by atoms with Crippen LogP contribution in [0, 0.1) is 6.57 Å². The Morgan fingerprint density at radius 2 is 2.07 bits per heavy atom. The Morgan fingerprint density at radius 3 is 2.79 bits per heavy atom. The third kappa shape index (κ3) is 1.86. The lowest BCUT2D eigenvalue weighted by Gasteiger charge is -2.29. The maximum atomic E-state index is 6.95. The van der Waals surface area contributed by atoms with Crippen LogP contribution >= 0.6 is 0 Å². The number of piperazine rings is 1. The van der Waals surface area contributed by atoms with Crippen molar-refractivity contribution in [3.05, 3.63) is 35.7 Å². The van der Waals surface area contributed by atoms with Gasteiger partial charge in [0.05, 0.1) is 6.57 Å². The fourth-order valence-corrected chi connectivity index (χ4v) is 1.68. The van der Waals surface area contributed by atoms with Crippen LogP contribution in [0.2, 0.25) is 0 Å². The van der Waals surface area contributed by atoms with Crippen LogP contribution in [0.1, 0.15) is 0 Å². The fourth-order valence-electron chi connectivity index (χ4n) is 1.68. The van der Waals surface area contributed by atoms with Gasteiger partial charge in [0.15, 0.2) is 5.69 Å². The van der Waals surface area contributed by atoms with E-state index in [2.05, 4.69) is 21.1 Å². The lowest BCUT2D eigenvalue weighted by atomic mass is 10.2. The molecule has 0 aliphatic carbocycles. The molecule has 1 aromatic carbocycles. The first-order chi connectivity index (χ1) is 6.90. The topological polar surface area (TPSA) is 19.6 Å². The molecule has 2 rings (SSSR count). The van der Waals surface area contributed by atoms with E-state index in [1.54, 1.807) is 0 Å². The van der Waals surface area contributed by atoms with Crippen molar-refractivity contribution in [1.29, 1.82) is 0 Å². The van der Waals surface area contributed by atoms with Crippen LogP contribution in [0.15, 0.2) is 24.3 Å². The molecule has 1 aliphatic heterocycles. The summed E-state index contributed by atoms with van der Waals surface area (Å²) in [7, 11) is 0. The van der Waals surface area contributed by atoms with Crippen LogP contribution in [0.5, 0.6) is 0 Å². The zero-order valence-corrected chi connectivity index (χ0v) is 8.03. The van der Waals surface area contributed by atoms with E-state index >= 15 is 0 Å². The number of anilines is 1. The minimum absolute atomic E-state index is 0.723. The van der Waals surface area contributed by atoms with Crippen LogP contribution in [0.25, 0.3) is 4.85 Å². The zero-order valence-electron chi connectivity index (χ0n) is 8.03. The van der Waals surface area contributed by atoms with Crippen molar-refractivity contribution >= 4 is 11.4 Å². The summed E-state index contributed by atoms with van der Waals surface area (Å²) in [6, 6.07) is 7.82. The van der Waals surface area contributed by atoms with Crippen molar-refractivity contribution < 1.29 is 0 Å². The van der Waals surface area contributed by atoms with Gasteiger partial charge >= 0.3 is 0 Å². The molecule has 1 fully saturated rings. The normalized spacial score (nSPS) is 16.4. The van der Waals surface area contributed by atoms with Gasteiger partial charge in [-0.1, -0.05) is 12.1 Å². The summed E-state index contributed by atoms with van der Waals surface area (Å²) < 4.78 is 0. The Kier molecular flexibility index (Phi) is 2.66. The van der Waals surface area contributed by atoms with Gasteiger partial charge in [-0.25, -0.2) is 4.85 Å². The van der Waals surface area contributed by atoms with Crippen LogP contribution in [-0.2, 0) is 0 Å². The average molecular weight is 187 g/mol. The van der Waals surface area contributed by atoms with E-state index in [-0.39, 0.29) is 0 Å². The molecule has 0 aromatic heterocycles. The molecular weight excluding hydrogens is 174 g/mol. The molecule has 1 saturated heterocycles. The maximum absolute atomic E-state index is 6.95. The van der Waals surface area contributed by atoms with Crippen molar-refractivity contribution in [3.63, 3.8) is 0 Å². The highest BCUT2D eigenvalue weighted by Crippen LogP contribution is 2.21. The number of hydrogen-bond donors (Lipinski definition) is 1. The second-order valence-electron chi connectivity index (χ2n) is 3.37. The van der Waals surface area contributed by atoms with E-state index in [0.29, 0.717) is 0 Å². The van der Waals surface area contributed by atoms with Crippen LogP contribution in [-0.4, -0.2) is 26.2 Å². The maximum Gasteiger partial charge on any atom is 0.189 e. The van der Waals surface area contributed by atoms with Gasteiger partial charge in [-0.2, -0.15) is 0 Å². The Labute approximate surface area is 84.2 Å². The predicted octanol–water partition coefficient (Wildman–Crippen LogP) is 1.65. The summed E-state index contributed by atoms with van der Waals surface area (Å²) in [6.45, 7) is 11.1. The van der Waals surface area contributed by atoms with Crippen molar-refractivity contribution in [1.82, 2.24) is 5.32 Å². The molecule has 0 radical (unpaired) electrons. The molecule has 0 spiro atoms. The van der Waals surface area contributed by atoms with Gasteiger partial charge in [-0.15, -0.1) is 0 Å². The minimum atomic E-state index is 0.723. The van der Waals surface area contributed by atoms with Crippen molar-refractivity contribution in [2.24, 2.45) is 0 Å². The first-order valence-corrected chi connectivity index (χ1v) is 4.83. The highest BCUT2D eigenvalue weighted by molar-refractivity contribution is 5.58. The zero-order chi connectivity index (χ0) is 9.80. The quantitative estimate of drug-likeness (QED) is 0.674. The molecule has 72 valence electrons. The van der Waals surface area contributed by atoms with E-state index in [0.717, 1.165) is 31.9 Å². The van der Waals surface area contributed by atoms with Crippen LogP contribution in [0.3, 0.4) is 0 Å². The third-order valence-corrected chi connectivity index (χ3v) is 2.44. The molecular formula is C11H13N3. The van der Waals surface area contributed by atoms with Crippen molar-refractivity contribution in [2.75, 3.05) is 31.1 Å². The minimum Gasteiger partial charge on any atom is -0.370 e. The Morgan fingerprint density at radius 1 is 1.29 bits per heavy atom. The summed E-state index contributed by atoms with van der Waals surface area (Å²) in [6.07, 6.45) is 0. The van der Waals surface area contributed by atoms with E-state index in [1.165, 1.54) is 5.69 Å². The second kappa shape index (κ2) is 4.12. The fraction of sp³-hybridized carbons (Fsp3) is 0.364. The molecule has 1 N–H and O–H groups in total. The standard InChI is InChI=1S/C11H13N3/c1-12-10-3-2-4-11(9-10)14-7-5-13-6-8-14/h2-4,9,13H,5-8H2. The van der Waals surface area contributed by atoms with Crippen molar-refractivity contribution in [3.8, 4) is 0 Å². The van der Waals surface area contributed by atoms with E-state index in [9.17, 15) is 0 Å². The summed E-state index contributed by atoms with van der Waals surface area (Å²) in [4.78, 5) is 5.74. The summed E-state index contributed by atoms with van der Waals surface area (Å²) in [5.41, 5.74) is 1.89. The molecule has 1 aliphatic rings. The van der Waals surface area contributed by atoms with Gasteiger partial charge in [0, 0.05) is 31.9 Å². The monoisotopic (exact) mass is 187 g/mol. The van der Waals surface area contributed by atoms with Gasteiger partial charge < -0.3 is 10.2 Å². The Bertz CT molecular complexity index is 348. The lowest BCUT2D eigenvalue weighted by Crippen LogP contribution is -2.43. The molecule has 1 aromatic rings. The van der Waals surface area contributed by atoms with E-state index in [1.807, 2.05) is 18.2 Å². The molecule has 0 saturated carbocycles. The Balaban J connectivity index is 2.18. The van der Waals surface area contributed by atoms with Crippen LogP contribution in [0.4, 0.5) is 11.4 Å². The molecule has 1 heterocycles. The van der Waals surface area contributed by atoms with Gasteiger partial charge in [0.2, 0.25) is 0 Å².